The van der Waals surface area contributed by atoms with Crippen LogP contribution >= 0.6 is 11.6 Å². The SMILES string of the molecule is N/C(=N\O)c1cccc(OCc2ccccc2Cl)c1. The third-order valence-corrected chi connectivity index (χ3v) is 2.96. The minimum atomic E-state index is 0.0446. The van der Waals surface area contributed by atoms with E-state index in [0.717, 1.165) is 5.56 Å². The molecule has 0 aliphatic carbocycles. The normalized spacial score (nSPS) is 11.3. The van der Waals surface area contributed by atoms with Gasteiger partial charge in [0.25, 0.3) is 0 Å². The first-order chi connectivity index (χ1) is 9.20. The van der Waals surface area contributed by atoms with Crippen LogP contribution in [-0.2, 0) is 6.61 Å². The number of hydrogen-bond donors (Lipinski definition) is 2. The Morgan fingerprint density at radius 3 is 2.74 bits per heavy atom. The summed E-state index contributed by atoms with van der Waals surface area (Å²) in [5, 5.41) is 12.2. The molecule has 0 spiro atoms. The van der Waals surface area contributed by atoms with Crippen LogP contribution in [0, 0.1) is 0 Å². The molecule has 2 aromatic rings. The van der Waals surface area contributed by atoms with Crippen LogP contribution in [0.3, 0.4) is 0 Å². The Labute approximate surface area is 116 Å². The molecule has 0 aromatic heterocycles. The summed E-state index contributed by atoms with van der Waals surface area (Å²) in [6.07, 6.45) is 0. The van der Waals surface area contributed by atoms with E-state index in [2.05, 4.69) is 5.16 Å². The second-order valence-electron chi connectivity index (χ2n) is 3.89. The molecule has 0 amide bonds. The molecule has 0 aliphatic heterocycles. The molecule has 0 radical (unpaired) electrons. The number of ether oxygens (including phenoxy) is 1. The highest BCUT2D eigenvalue weighted by Crippen LogP contribution is 2.19. The summed E-state index contributed by atoms with van der Waals surface area (Å²) >= 11 is 6.04. The van der Waals surface area contributed by atoms with Gasteiger partial charge >= 0.3 is 0 Å². The molecular weight excluding hydrogens is 264 g/mol. The van der Waals surface area contributed by atoms with E-state index in [9.17, 15) is 0 Å². The number of benzene rings is 2. The molecule has 0 aliphatic rings. The monoisotopic (exact) mass is 276 g/mol. The van der Waals surface area contributed by atoms with E-state index in [1.807, 2.05) is 24.3 Å². The molecule has 2 aromatic carbocycles. The quantitative estimate of drug-likeness (QED) is 0.390. The maximum absolute atomic E-state index is 8.63. The number of rotatable bonds is 4. The molecule has 4 nitrogen and oxygen atoms in total. The van der Waals surface area contributed by atoms with Crippen molar-refractivity contribution in [2.75, 3.05) is 0 Å². The highest BCUT2D eigenvalue weighted by atomic mass is 35.5. The van der Waals surface area contributed by atoms with Crippen molar-refractivity contribution in [3.8, 4) is 5.75 Å². The van der Waals surface area contributed by atoms with Gasteiger partial charge in [-0.1, -0.05) is 47.1 Å². The minimum absolute atomic E-state index is 0.0446. The number of nitrogens with zero attached hydrogens (tertiary/aromatic N) is 1. The van der Waals surface area contributed by atoms with Crippen LogP contribution in [0.2, 0.25) is 5.02 Å². The number of amidine groups is 1. The van der Waals surface area contributed by atoms with Gasteiger partial charge in [-0.05, 0) is 18.2 Å². The van der Waals surface area contributed by atoms with Gasteiger partial charge in [0, 0.05) is 16.1 Å². The number of nitrogens with two attached hydrogens (primary N) is 1. The molecule has 98 valence electrons. The summed E-state index contributed by atoms with van der Waals surface area (Å²) < 4.78 is 5.63. The van der Waals surface area contributed by atoms with Crippen LogP contribution in [-0.4, -0.2) is 11.0 Å². The van der Waals surface area contributed by atoms with E-state index < -0.39 is 0 Å². The Morgan fingerprint density at radius 1 is 1.21 bits per heavy atom. The van der Waals surface area contributed by atoms with Gasteiger partial charge in [-0.3, -0.25) is 0 Å². The van der Waals surface area contributed by atoms with E-state index >= 15 is 0 Å². The second-order valence-corrected chi connectivity index (χ2v) is 4.30. The smallest absolute Gasteiger partial charge is 0.170 e. The zero-order valence-electron chi connectivity index (χ0n) is 10.1. The second kappa shape index (κ2) is 6.11. The number of oxime groups is 1. The van der Waals surface area contributed by atoms with Gasteiger partial charge in [0.15, 0.2) is 5.84 Å². The average molecular weight is 277 g/mol. The standard InChI is InChI=1S/C14H13ClN2O2/c15-13-7-2-1-4-11(13)9-19-12-6-3-5-10(8-12)14(16)17-18/h1-8,18H,9H2,(H2,16,17). The summed E-state index contributed by atoms with van der Waals surface area (Å²) in [4.78, 5) is 0. The first kappa shape index (κ1) is 13.2. The van der Waals surface area contributed by atoms with Crippen LogP contribution in [0.5, 0.6) is 5.75 Å². The van der Waals surface area contributed by atoms with Gasteiger partial charge in [0.2, 0.25) is 0 Å². The average Bonchev–Trinajstić information content (AvgIpc) is 2.46. The fourth-order valence-electron chi connectivity index (χ4n) is 1.58. The molecule has 2 rings (SSSR count). The van der Waals surface area contributed by atoms with E-state index in [0.29, 0.717) is 22.9 Å². The molecule has 3 N–H and O–H groups in total. The highest BCUT2D eigenvalue weighted by molar-refractivity contribution is 6.31. The Morgan fingerprint density at radius 2 is 2.00 bits per heavy atom. The molecule has 0 unspecified atom stereocenters. The lowest BCUT2D eigenvalue weighted by molar-refractivity contribution is 0.306. The van der Waals surface area contributed by atoms with Crippen LogP contribution in [0.25, 0.3) is 0 Å². The van der Waals surface area contributed by atoms with Gasteiger partial charge in [0.1, 0.15) is 12.4 Å². The van der Waals surface area contributed by atoms with Crippen LogP contribution in [0.1, 0.15) is 11.1 Å². The number of halogens is 1. The largest absolute Gasteiger partial charge is 0.489 e. The van der Waals surface area contributed by atoms with Crippen LogP contribution in [0.15, 0.2) is 53.7 Å². The van der Waals surface area contributed by atoms with Gasteiger partial charge < -0.3 is 15.7 Å². The van der Waals surface area contributed by atoms with Crippen molar-refractivity contribution in [1.82, 2.24) is 0 Å². The molecule has 0 saturated carbocycles. The summed E-state index contributed by atoms with van der Waals surface area (Å²) in [6.45, 7) is 0.360. The lowest BCUT2D eigenvalue weighted by Crippen LogP contribution is -2.12. The highest BCUT2D eigenvalue weighted by Gasteiger charge is 2.03. The lowest BCUT2D eigenvalue weighted by Gasteiger charge is -2.08. The fraction of sp³-hybridized carbons (Fsp3) is 0.0714. The van der Waals surface area contributed by atoms with Crippen LogP contribution < -0.4 is 10.5 Å². The zero-order valence-corrected chi connectivity index (χ0v) is 10.8. The summed E-state index contributed by atoms with van der Waals surface area (Å²) in [5.41, 5.74) is 7.02. The fourth-order valence-corrected chi connectivity index (χ4v) is 1.77. The van der Waals surface area contributed by atoms with Gasteiger partial charge in [0.05, 0.1) is 0 Å². The third kappa shape index (κ3) is 3.39. The predicted molar refractivity (Wildman–Crippen MR) is 74.7 cm³/mol. The van der Waals surface area contributed by atoms with E-state index in [-0.39, 0.29) is 5.84 Å². The van der Waals surface area contributed by atoms with Gasteiger partial charge in [-0.2, -0.15) is 0 Å². The van der Waals surface area contributed by atoms with Crippen LogP contribution in [0.4, 0.5) is 0 Å². The Hall–Kier alpha value is -2.20. The maximum atomic E-state index is 8.63. The Balaban J connectivity index is 2.10. The minimum Gasteiger partial charge on any atom is -0.489 e. The number of hydrogen-bond acceptors (Lipinski definition) is 3. The molecule has 0 fully saturated rings. The molecule has 0 heterocycles. The van der Waals surface area contributed by atoms with Crippen molar-refractivity contribution in [3.05, 3.63) is 64.7 Å². The summed E-state index contributed by atoms with van der Waals surface area (Å²) in [7, 11) is 0. The maximum Gasteiger partial charge on any atom is 0.170 e. The lowest BCUT2D eigenvalue weighted by atomic mass is 10.2. The van der Waals surface area contributed by atoms with Crippen molar-refractivity contribution in [2.45, 2.75) is 6.61 Å². The molecule has 0 atom stereocenters. The van der Waals surface area contributed by atoms with Gasteiger partial charge in [-0.25, -0.2) is 0 Å². The van der Waals surface area contributed by atoms with Crippen molar-refractivity contribution in [2.24, 2.45) is 10.9 Å². The predicted octanol–water partition coefficient (Wildman–Crippen LogP) is 3.01. The molecule has 5 heteroatoms. The summed E-state index contributed by atoms with van der Waals surface area (Å²) in [6, 6.07) is 14.5. The van der Waals surface area contributed by atoms with Gasteiger partial charge in [-0.15, -0.1) is 0 Å². The summed E-state index contributed by atoms with van der Waals surface area (Å²) in [5.74, 6) is 0.673. The molecule has 0 bridgehead atoms. The molecular formula is C14H13ClN2O2. The van der Waals surface area contributed by atoms with Crippen molar-refractivity contribution < 1.29 is 9.94 Å². The third-order valence-electron chi connectivity index (χ3n) is 2.59. The van der Waals surface area contributed by atoms with E-state index in [4.69, 9.17) is 27.3 Å². The molecule has 19 heavy (non-hydrogen) atoms. The van der Waals surface area contributed by atoms with E-state index in [1.54, 1.807) is 24.3 Å². The first-order valence-electron chi connectivity index (χ1n) is 5.65. The Bertz CT molecular complexity index is 600. The van der Waals surface area contributed by atoms with Crippen molar-refractivity contribution in [1.29, 1.82) is 0 Å². The zero-order chi connectivity index (χ0) is 13.7. The van der Waals surface area contributed by atoms with E-state index in [1.165, 1.54) is 0 Å². The van der Waals surface area contributed by atoms with Crippen molar-refractivity contribution in [3.63, 3.8) is 0 Å². The first-order valence-corrected chi connectivity index (χ1v) is 6.02. The molecule has 0 saturated heterocycles. The topological polar surface area (TPSA) is 67.8 Å². The van der Waals surface area contributed by atoms with Crippen molar-refractivity contribution >= 4 is 17.4 Å². The Kier molecular flexibility index (Phi) is 4.26.